The molecule has 0 saturated carbocycles. The zero-order chi connectivity index (χ0) is 8.97. The van der Waals surface area contributed by atoms with Crippen LogP contribution in [0.4, 0.5) is 0 Å². The highest BCUT2D eigenvalue weighted by molar-refractivity contribution is 7.10. The second-order valence-electron chi connectivity index (χ2n) is 2.90. The summed E-state index contributed by atoms with van der Waals surface area (Å²) in [6.07, 6.45) is 0. The molecule has 0 aliphatic carbocycles. The first-order chi connectivity index (χ1) is 5.74. The standard InChI is InChI=1S/C8H15N3S/c1-7-3-4-12-8(7)5-11(2)6-10-9/h3-4,10H,5-6,9H2,1-2H3. The molecule has 0 unspecified atom stereocenters. The Balaban J connectivity index is 2.46. The summed E-state index contributed by atoms with van der Waals surface area (Å²) in [5.74, 6) is 5.21. The number of thiophene rings is 1. The van der Waals surface area contributed by atoms with Gasteiger partial charge in [0.2, 0.25) is 0 Å². The topological polar surface area (TPSA) is 41.3 Å². The highest BCUT2D eigenvalue weighted by atomic mass is 32.1. The van der Waals surface area contributed by atoms with Crippen molar-refractivity contribution in [2.45, 2.75) is 13.5 Å². The van der Waals surface area contributed by atoms with Crippen molar-refractivity contribution in [3.05, 3.63) is 21.9 Å². The Morgan fingerprint density at radius 3 is 2.92 bits per heavy atom. The van der Waals surface area contributed by atoms with Crippen LogP contribution < -0.4 is 11.3 Å². The summed E-state index contributed by atoms with van der Waals surface area (Å²) in [6, 6.07) is 2.14. The molecule has 0 radical (unpaired) electrons. The number of hydrazine groups is 1. The normalized spacial score (nSPS) is 11.0. The first kappa shape index (κ1) is 9.67. The maximum Gasteiger partial charge on any atom is 0.0613 e. The van der Waals surface area contributed by atoms with Crippen molar-refractivity contribution in [3.8, 4) is 0 Å². The molecule has 68 valence electrons. The lowest BCUT2D eigenvalue weighted by Gasteiger charge is -2.14. The lowest BCUT2D eigenvalue weighted by Crippen LogP contribution is -2.34. The third kappa shape index (κ3) is 2.57. The molecule has 0 spiro atoms. The maximum absolute atomic E-state index is 5.21. The summed E-state index contributed by atoms with van der Waals surface area (Å²) in [7, 11) is 2.04. The van der Waals surface area contributed by atoms with Gasteiger partial charge in [0.25, 0.3) is 0 Å². The average Bonchev–Trinajstić information content (AvgIpc) is 2.37. The van der Waals surface area contributed by atoms with Crippen LogP contribution in [0.25, 0.3) is 0 Å². The van der Waals surface area contributed by atoms with Crippen molar-refractivity contribution in [2.75, 3.05) is 13.7 Å². The van der Waals surface area contributed by atoms with Crippen LogP contribution >= 0.6 is 11.3 Å². The fraction of sp³-hybridized carbons (Fsp3) is 0.500. The van der Waals surface area contributed by atoms with Crippen LogP contribution in [0.15, 0.2) is 11.4 Å². The van der Waals surface area contributed by atoms with E-state index in [0.29, 0.717) is 0 Å². The van der Waals surface area contributed by atoms with Crippen molar-refractivity contribution >= 4 is 11.3 Å². The van der Waals surface area contributed by atoms with Crippen molar-refractivity contribution in [2.24, 2.45) is 5.84 Å². The molecule has 0 fully saturated rings. The van der Waals surface area contributed by atoms with E-state index in [4.69, 9.17) is 5.84 Å². The Kier molecular flexibility index (Phi) is 3.68. The number of nitrogens with zero attached hydrogens (tertiary/aromatic N) is 1. The molecule has 1 aromatic rings. The van der Waals surface area contributed by atoms with E-state index in [2.05, 4.69) is 28.7 Å². The Labute approximate surface area is 77.2 Å². The van der Waals surface area contributed by atoms with Crippen LogP contribution in [0.3, 0.4) is 0 Å². The summed E-state index contributed by atoms with van der Waals surface area (Å²) >= 11 is 1.79. The smallest absolute Gasteiger partial charge is 0.0613 e. The lowest BCUT2D eigenvalue weighted by atomic mass is 10.3. The third-order valence-corrected chi connectivity index (χ3v) is 2.75. The first-order valence-electron chi connectivity index (χ1n) is 3.89. The minimum absolute atomic E-state index is 0.720. The minimum Gasteiger partial charge on any atom is -0.288 e. The van der Waals surface area contributed by atoms with Crippen molar-refractivity contribution < 1.29 is 0 Å². The van der Waals surface area contributed by atoms with Gasteiger partial charge in [-0.1, -0.05) is 0 Å². The van der Waals surface area contributed by atoms with Crippen molar-refractivity contribution in [3.63, 3.8) is 0 Å². The zero-order valence-electron chi connectivity index (χ0n) is 7.50. The molecule has 0 aromatic carbocycles. The minimum atomic E-state index is 0.720. The fourth-order valence-corrected chi connectivity index (χ4v) is 2.01. The molecule has 4 heteroatoms. The maximum atomic E-state index is 5.21. The number of rotatable bonds is 4. The summed E-state index contributed by atoms with van der Waals surface area (Å²) in [5.41, 5.74) is 3.99. The van der Waals surface area contributed by atoms with Gasteiger partial charge in [0.05, 0.1) is 6.67 Å². The van der Waals surface area contributed by atoms with Gasteiger partial charge in [-0.3, -0.25) is 10.7 Å². The molecule has 1 heterocycles. The molecule has 0 aliphatic rings. The Bertz CT molecular complexity index is 234. The van der Waals surface area contributed by atoms with E-state index in [9.17, 15) is 0 Å². The Morgan fingerprint density at radius 2 is 2.42 bits per heavy atom. The van der Waals surface area contributed by atoms with Gasteiger partial charge in [-0.25, -0.2) is 5.43 Å². The van der Waals surface area contributed by atoms with E-state index in [0.717, 1.165) is 13.2 Å². The van der Waals surface area contributed by atoms with Gasteiger partial charge in [-0.15, -0.1) is 11.3 Å². The second kappa shape index (κ2) is 4.57. The largest absolute Gasteiger partial charge is 0.288 e. The highest BCUT2D eigenvalue weighted by Crippen LogP contribution is 2.16. The van der Waals surface area contributed by atoms with Crippen molar-refractivity contribution in [1.29, 1.82) is 0 Å². The number of hydrogen-bond donors (Lipinski definition) is 2. The lowest BCUT2D eigenvalue weighted by molar-refractivity contribution is 0.303. The van der Waals surface area contributed by atoms with Gasteiger partial charge in [0, 0.05) is 11.4 Å². The summed E-state index contributed by atoms with van der Waals surface area (Å²) < 4.78 is 0. The summed E-state index contributed by atoms with van der Waals surface area (Å²) in [4.78, 5) is 3.55. The molecule has 12 heavy (non-hydrogen) atoms. The summed E-state index contributed by atoms with van der Waals surface area (Å²) in [5, 5.41) is 2.12. The van der Waals surface area contributed by atoms with Crippen LogP contribution in [0.2, 0.25) is 0 Å². The SMILES string of the molecule is Cc1ccsc1CN(C)CNN. The van der Waals surface area contributed by atoms with Crippen LogP contribution in [0.5, 0.6) is 0 Å². The highest BCUT2D eigenvalue weighted by Gasteiger charge is 2.02. The van der Waals surface area contributed by atoms with Gasteiger partial charge >= 0.3 is 0 Å². The Hall–Kier alpha value is -0.420. The quantitative estimate of drug-likeness (QED) is 0.416. The van der Waals surface area contributed by atoms with E-state index in [1.165, 1.54) is 10.4 Å². The third-order valence-electron chi connectivity index (χ3n) is 1.74. The van der Waals surface area contributed by atoms with Crippen LogP contribution in [0, 0.1) is 6.92 Å². The molecule has 3 N–H and O–H groups in total. The molecule has 1 aromatic heterocycles. The molecular formula is C8H15N3S. The predicted octanol–water partition coefficient (Wildman–Crippen LogP) is 0.909. The molecule has 0 amide bonds. The van der Waals surface area contributed by atoms with Crippen LogP contribution in [-0.4, -0.2) is 18.6 Å². The Morgan fingerprint density at radius 1 is 1.67 bits per heavy atom. The molecule has 3 nitrogen and oxygen atoms in total. The van der Waals surface area contributed by atoms with Crippen LogP contribution in [0.1, 0.15) is 10.4 Å². The van der Waals surface area contributed by atoms with E-state index < -0.39 is 0 Å². The molecular weight excluding hydrogens is 170 g/mol. The van der Waals surface area contributed by atoms with Crippen LogP contribution in [-0.2, 0) is 6.54 Å². The van der Waals surface area contributed by atoms with Gasteiger partial charge in [-0.05, 0) is 31.0 Å². The molecule has 0 saturated heterocycles. The number of hydrogen-bond acceptors (Lipinski definition) is 4. The van der Waals surface area contributed by atoms with Gasteiger partial charge in [0.15, 0.2) is 0 Å². The molecule has 1 rings (SSSR count). The number of aryl methyl sites for hydroxylation is 1. The molecule has 0 bridgehead atoms. The van der Waals surface area contributed by atoms with Crippen molar-refractivity contribution in [1.82, 2.24) is 10.3 Å². The first-order valence-corrected chi connectivity index (χ1v) is 4.77. The second-order valence-corrected chi connectivity index (χ2v) is 3.90. The van der Waals surface area contributed by atoms with E-state index in [-0.39, 0.29) is 0 Å². The zero-order valence-corrected chi connectivity index (χ0v) is 8.32. The van der Waals surface area contributed by atoms with E-state index in [1.54, 1.807) is 11.3 Å². The molecule has 0 atom stereocenters. The number of nitrogens with two attached hydrogens (primary N) is 1. The van der Waals surface area contributed by atoms with E-state index in [1.807, 2.05) is 7.05 Å². The predicted molar refractivity (Wildman–Crippen MR) is 52.7 cm³/mol. The van der Waals surface area contributed by atoms with Gasteiger partial charge < -0.3 is 0 Å². The monoisotopic (exact) mass is 185 g/mol. The average molecular weight is 185 g/mol. The fourth-order valence-electron chi connectivity index (χ4n) is 1.02. The van der Waals surface area contributed by atoms with E-state index >= 15 is 0 Å². The molecule has 0 aliphatic heterocycles. The number of nitrogens with one attached hydrogen (secondary N) is 1. The summed E-state index contributed by atoms with van der Waals surface area (Å²) in [6.45, 7) is 3.82. The van der Waals surface area contributed by atoms with Gasteiger partial charge in [-0.2, -0.15) is 0 Å². The van der Waals surface area contributed by atoms with Gasteiger partial charge in [0.1, 0.15) is 0 Å².